The Hall–Kier alpha value is -2.10. The van der Waals surface area contributed by atoms with E-state index >= 15 is 0 Å². The van der Waals surface area contributed by atoms with Gasteiger partial charge in [-0.15, -0.1) is 0 Å². The van der Waals surface area contributed by atoms with Crippen LogP contribution in [0, 0.1) is 5.92 Å². The van der Waals surface area contributed by atoms with E-state index in [2.05, 4.69) is 4.98 Å². The fourth-order valence-corrected chi connectivity index (χ4v) is 2.80. The van der Waals surface area contributed by atoms with Gasteiger partial charge in [0.1, 0.15) is 11.9 Å². The third kappa shape index (κ3) is 2.03. The first kappa shape index (κ1) is 12.0. The van der Waals surface area contributed by atoms with E-state index in [1.807, 2.05) is 48.2 Å². The molecule has 2 heterocycles. The van der Waals surface area contributed by atoms with Gasteiger partial charge in [0.25, 0.3) is 0 Å². The average molecular weight is 256 g/mol. The topological polar surface area (TPSA) is 53.4 Å². The standard InChI is InChI=1S/C15H16N2O2/c1-10-8-9-17(14(10)15(18)19)13-7-6-11-4-2-3-5-12(11)16-13/h2-7,10,14H,8-9H2,1H3,(H,18,19). The lowest BCUT2D eigenvalue weighted by Crippen LogP contribution is -2.39. The normalized spacial score (nSPS) is 22.9. The SMILES string of the molecule is CC1CCN(c2ccc3ccccc3n2)C1C(=O)O. The number of fused-ring (bicyclic) bond motifs is 1. The quantitative estimate of drug-likeness (QED) is 0.897. The summed E-state index contributed by atoms with van der Waals surface area (Å²) in [6.07, 6.45) is 0.894. The van der Waals surface area contributed by atoms with Gasteiger partial charge in [-0.2, -0.15) is 0 Å². The van der Waals surface area contributed by atoms with Gasteiger partial charge in [0.05, 0.1) is 5.52 Å². The third-order valence-corrected chi connectivity index (χ3v) is 3.83. The zero-order chi connectivity index (χ0) is 13.4. The molecule has 0 bridgehead atoms. The number of carboxylic acids is 1. The Balaban J connectivity index is 2.01. The molecule has 1 aromatic heterocycles. The Labute approximate surface area is 111 Å². The molecule has 0 aliphatic carbocycles. The van der Waals surface area contributed by atoms with Gasteiger partial charge in [-0.05, 0) is 30.5 Å². The van der Waals surface area contributed by atoms with Crippen LogP contribution in [0.4, 0.5) is 5.82 Å². The fraction of sp³-hybridized carbons (Fsp3) is 0.333. The van der Waals surface area contributed by atoms with Crippen molar-refractivity contribution >= 4 is 22.7 Å². The molecule has 2 atom stereocenters. The Morgan fingerprint density at radius 3 is 2.89 bits per heavy atom. The molecule has 98 valence electrons. The fourth-order valence-electron chi connectivity index (χ4n) is 2.80. The maximum atomic E-state index is 11.4. The Morgan fingerprint density at radius 1 is 1.32 bits per heavy atom. The summed E-state index contributed by atoms with van der Waals surface area (Å²) in [7, 11) is 0. The molecule has 4 nitrogen and oxygen atoms in total. The van der Waals surface area contributed by atoms with Gasteiger partial charge >= 0.3 is 5.97 Å². The number of nitrogens with zero attached hydrogens (tertiary/aromatic N) is 2. The van der Waals surface area contributed by atoms with E-state index in [1.54, 1.807) is 0 Å². The Kier molecular flexibility index (Phi) is 2.85. The smallest absolute Gasteiger partial charge is 0.326 e. The first-order valence-electron chi connectivity index (χ1n) is 6.52. The maximum absolute atomic E-state index is 11.4. The van der Waals surface area contributed by atoms with Crippen LogP contribution in [0.5, 0.6) is 0 Å². The zero-order valence-electron chi connectivity index (χ0n) is 10.8. The van der Waals surface area contributed by atoms with E-state index in [1.165, 1.54) is 0 Å². The number of carbonyl (C=O) groups is 1. The number of para-hydroxylation sites is 1. The monoisotopic (exact) mass is 256 g/mol. The number of anilines is 1. The minimum absolute atomic E-state index is 0.158. The summed E-state index contributed by atoms with van der Waals surface area (Å²) in [6, 6.07) is 11.3. The lowest BCUT2D eigenvalue weighted by Gasteiger charge is -2.24. The van der Waals surface area contributed by atoms with Gasteiger partial charge in [-0.3, -0.25) is 0 Å². The van der Waals surface area contributed by atoms with Crippen molar-refractivity contribution in [2.24, 2.45) is 5.92 Å². The third-order valence-electron chi connectivity index (χ3n) is 3.83. The summed E-state index contributed by atoms with van der Waals surface area (Å²) < 4.78 is 0. The molecule has 19 heavy (non-hydrogen) atoms. The van der Waals surface area contributed by atoms with Crippen LogP contribution in [0.25, 0.3) is 10.9 Å². The summed E-state index contributed by atoms with van der Waals surface area (Å²) in [5.74, 6) is 0.154. The maximum Gasteiger partial charge on any atom is 0.326 e. The van der Waals surface area contributed by atoms with Crippen LogP contribution in [0.3, 0.4) is 0 Å². The molecular formula is C15H16N2O2. The first-order valence-corrected chi connectivity index (χ1v) is 6.52. The van der Waals surface area contributed by atoms with Gasteiger partial charge in [0.15, 0.2) is 0 Å². The summed E-state index contributed by atoms with van der Waals surface area (Å²) in [5.41, 5.74) is 0.906. The number of aromatic nitrogens is 1. The van der Waals surface area contributed by atoms with E-state index < -0.39 is 12.0 Å². The lowest BCUT2D eigenvalue weighted by molar-refractivity contribution is -0.139. The van der Waals surface area contributed by atoms with Crippen molar-refractivity contribution in [1.82, 2.24) is 4.98 Å². The number of carboxylic acid groups (broad SMARTS) is 1. The van der Waals surface area contributed by atoms with Crippen molar-refractivity contribution < 1.29 is 9.90 Å². The second-order valence-corrected chi connectivity index (χ2v) is 5.10. The zero-order valence-corrected chi connectivity index (χ0v) is 10.8. The van der Waals surface area contributed by atoms with E-state index in [0.29, 0.717) is 0 Å². The van der Waals surface area contributed by atoms with Gasteiger partial charge < -0.3 is 10.0 Å². The first-order chi connectivity index (χ1) is 9.16. The predicted octanol–water partition coefficient (Wildman–Crippen LogP) is 2.53. The van der Waals surface area contributed by atoms with Gasteiger partial charge in [0.2, 0.25) is 0 Å². The lowest BCUT2D eigenvalue weighted by atomic mass is 10.0. The van der Waals surface area contributed by atoms with Crippen LogP contribution in [0.1, 0.15) is 13.3 Å². The van der Waals surface area contributed by atoms with Crippen molar-refractivity contribution in [2.75, 3.05) is 11.4 Å². The summed E-state index contributed by atoms with van der Waals surface area (Å²) in [5, 5.41) is 10.4. The van der Waals surface area contributed by atoms with Crippen LogP contribution < -0.4 is 4.90 Å². The van der Waals surface area contributed by atoms with Crippen molar-refractivity contribution in [3.8, 4) is 0 Å². The molecule has 2 aromatic rings. The number of hydrogen-bond donors (Lipinski definition) is 1. The van der Waals surface area contributed by atoms with E-state index in [0.717, 1.165) is 29.7 Å². The molecule has 1 saturated heterocycles. The molecule has 0 radical (unpaired) electrons. The Morgan fingerprint density at radius 2 is 2.11 bits per heavy atom. The predicted molar refractivity (Wildman–Crippen MR) is 74.3 cm³/mol. The van der Waals surface area contributed by atoms with Crippen molar-refractivity contribution in [2.45, 2.75) is 19.4 Å². The van der Waals surface area contributed by atoms with E-state index in [4.69, 9.17) is 0 Å². The van der Waals surface area contributed by atoms with E-state index in [9.17, 15) is 9.90 Å². The minimum Gasteiger partial charge on any atom is -0.480 e. The average Bonchev–Trinajstić information content (AvgIpc) is 2.80. The number of aliphatic carboxylic acids is 1. The highest BCUT2D eigenvalue weighted by Gasteiger charge is 2.37. The highest BCUT2D eigenvalue weighted by Crippen LogP contribution is 2.29. The molecule has 1 aliphatic heterocycles. The van der Waals surface area contributed by atoms with Crippen LogP contribution in [-0.2, 0) is 4.79 Å². The molecule has 0 saturated carbocycles. The molecule has 2 unspecified atom stereocenters. The largest absolute Gasteiger partial charge is 0.480 e. The molecule has 1 aromatic carbocycles. The number of pyridine rings is 1. The number of rotatable bonds is 2. The van der Waals surface area contributed by atoms with Crippen LogP contribution in [0.15, 0.2) is 36.4 Å². The second kappa shape index (κ2) is 4.53. The summed E-state index contributed by atoms with van der Waals surface area (Å²) in [6.45, 7) is 2.74. The summed E-state index contributed by atoms with van der Waals surface area (Å²) >= 11 is 0. The van der Waals surface area contributed by atoms with Gasteiger partial charge in [-0.1, -0.05) is 25.1 Å². The van der Waals surface area contributed by atoms with Crippen LogP contribution >= 0.6 is 0 Å². The second-order valence-electron chi connectivity index (χ2n) is 5.10. The molecule has 1 fully saturated rings. The molecule has 1 aliphatic rings. The number of benzene rings is 1. The Bertz CT molecular complexity index is 626. The van der Waals surface area contributed by atoms with Gasteiger partial charge in [0, 0.05) is 11.9 Å². The van der Waals surface area contributed by atoms with Crippen molar-refractivity contribution in [3.05, 3.63) is 36.4 Å². The molecule has 4 heteroatoms. The highest BCUT2D eigenvalue weighted by molar-refractivity contribution is 5.82. The van der Waals surface area contributed by atoms with Gasteiger partial charge in [-0.25, -0.2) is 9.78 Å². The molecule has 3 rings (SSSR count). The highest BCUT2D eigenvalue weighted by atomic mass is 16.4. The van der Waals surface area contributed by atoms with Crippen molar-refractivity contribution in [1.29, 1.82) is 0 Å². The minimum atomic E-state index is -0.764. The molecule has 1 N–H and O–H groups in total. The summed E-state index contributed by atoms with van der Waals surface area (Å²) in [4.78, 5) is 17.9. The van der Waals surface area contributed by atoms with E-state index in [-0.39, 0.29) is 5.92 Å². The number of hydrogen-bond acceptors (Lipinski definition) is 3. The van der Waals surface area contributed by atoms with Crippen molar-refractivity contribution in [3.63, 3.8) is 0 Å². The molecule has 0 spiro atoms. The van der Waals surface area contributed by atoms with Crippen LogP contribution in [-0.4, -0.2) is 28.6 Å². The van der Waals surface area contributed by atoms with Crippen LogP contribution in [0.2, 0.25) is 0 Å². The molecule has 0 amide bonds. The molecular weight excluding hydrogens is 240 g/mol.